The summed E-state index contributed by atoms with van der Waals surface area (Å²) in [4.78, 5) is 38.6. The molecule has 2 amide bonds. The standard InChI is InChI=1S/C17H21N5O5/c1-12-16(22(25)26)13(2)21(18-12)6-5-15(23)19-7-9-20(10-8-19)17(24)14-4-3-11-27-14/h3-4,11H,5-10H2,1-2H3. The van der Waals surface area contributed by atoms with E-state index in [2.05, 4.69) is 5.10 Å². The SMILES string of the molecule is Cc1nn(CCC(=O)N2CCN(C(=O)c3ccco3)CC2)c(C)c1[N+](=O)[O-]. The number of carbonyl (C=O) groups excluding carboxylic acids is 2. The first-order valence-corrected chi connectivity index (χ1v) is 8.67. The molecule has 10 heteroatoms. The Labute approximate surface area is 155 Å². The van der Waals surface area contributed by atoms with Crippen LogP contribution in [0.25, 0.3) is 0 Å². The highest BCUT2D eigenvalue weighted by Gasteiger charge is 2.27. The number of furan rings is 1. The minimum atomic E-state index is -0.453. The Bertz CT molecular complexity index is 849. The van der Waals surface area contributed by atoms with E-state index in [1.165, 1.54) is 10.9 Å². The van der Waals surface area contributed by atoms with E-state index in [4.69, 9.17) is 4.42 Å². The van der Waals surface area contributed by atoms with E-state index in [-0.39, 0.29) is 30.5 Å². The molecule has 3 rings (SSSR count). The van der Waals surface area contributed by atoms with Crippen LogP contribution in [0.3, 0.4) is 0 Å². The molecular formula is C17H21N5O5. The van der Waals surface area contributed by atoms with Crippen LogP contribution in [0.2, 0.25) is 0 Å². The summed E-state index contributed by atoms with van der Waals surface area (Å²) in [7, 11) is 0. The summed E-state index contributed by atoms with van der Waals surface area (Å²) in [6, 6.07) is 3.28. The van der Waals surface area contributed by atoms with Crippen molar-refractivity contribution in [3.63, 3.8) is 0 Å². The Morgan fingerprint density at radius 1 is 1.22 bits per heavy atom. The molecule has 27 heavy (non-hydrogen) atoms. The molecule has 0 N–H and O–H groups in total. The zero-order valence-corrected chi connectivity index (χ0v) is 15.3. The lowest BCUT2D eigenvalue weighted by Crippen LogP contribution is -2.50. The van der Waals surface area contributed by atoms with Crippen molar-refractivity contribution in [2.24, 2.45) is 0 Å². The van der Waals surface area contributed by atoms with Crippen LogP contribution in [-0.2, 0) is 11.3 Å². The van der Waals surface area contributed by atoms with E-state index in [1.54, 1.807) is 35.8 Å². The molecule has 2 aromatic heterocycles. The molecule has 1 saturated heterocycles. The van der Waals surface area contributed by atoms with Crippen molar-refractivity contribution in [2.45, 2.75) is 26.8 Å². The maximum absolute atomic E-state index is 12.4. The third kappa shape index (κ3) is 3.83. The van der Waals surface area contributed by atoms with Gasteiger partial charge in [-0.25, -0.2) is 0 Å². The number of hydrogen-bond acceptors (Lipinski definition) is 6. The number of carbonyl (C=O) groups is 2. The molecule has 1 fully saturated rings. The molecule has 0 aromatic carbocycles. The second-order valence-electron chi connectivity index (χ2n) is 6.40. The van der Waals surface area contributed by atoms with Gasteiger partial charge in [0.1, 0.15) is 11.4 Å². The van der Waals surface area contributed by atoms with Gasteiger partial charge >= 0.3 is 5.69 Å². The summed E-state index contributed by atoms with van der Waals surface area (Å²) in [5.41, 5.74) is 0.779. The van der Waals surface area contributed by atoms with Crippen LogP contribution in [0.15, 0.2) is 22.8 Å². The van der Waals surface area contributed by atoms with Crippen molar-refractivity contribution in [2.75, 3.05) is 26.2 Å². The Morgan fingerprint density at radius 3 is 2.44 bits per heavy atom. The third-order valence-corrected chi connectivity index (χ3v) is 4.71. The molecule has 0 unspecified atom stereocenters. The third-order valence-electron chi connectivity index (χ3n) is 4.71. The minimum Gasteiger partial charge on any atom is -0.459 e. The number of rotatable bonds is 5. The van der Waals surface area contributed by atoms with Crippen molar-refractivity contribution >= 4 is 17.5 Å². The Balaban J connectivity index is 1.52. The zero-order valence-electron chi connectivity index (χ0n) is 15.3. The van der Waals surface area contributed by atoms with E-state index >= 15 is 0 Å². The van der Waals surface area contributed by atoms with E-state index in [9.17, 15) is 19.7 Å². The van der Waals surface area contributed by atoms with Gasteiger partial charge in [0.25, 0.3) is 5.91 Å². The lowest BCUT2D eigenvalue weighted by Gasteiger charge is -2.34. The van der Waals surface area contributed by atoms with Gasteiger partial charge in [-0.3, -0.25) is 24.4 Å². The predicted molar refractivity (Wildman–Crippen MR) is 94.2 cm³/mol. The summed E-state index contributed by atoms with van der Waals surface area (Å²) in [5.74, 6) is 0.0539. The average molecular weight is 375 g/mol. The summed E-state index contributed by atoms with van der Waals surface area (Å²) < 4.78 is 6.62. The average Bonchev–Trinajstić information content (AvgIpc) is 3.27. The molecule has 0 bridgehead atoms. The molecule has 1 aliphatic heterocycles. The Kier molecular flexibility index (Phi) is 5.24. The van der Waals surface area contributed by atoms with Gasteiger partial charge in [-0.05, 0) is 26.0 Å². The molecule has 0 radical (unpaired) electrons. The van der Waals surface area contributed by atoms with Crippen LogP contribution in [0.1, 0.15) is 28.4 Å². The number of aryl methyl sites for hydroxylation is 2. The summed E-state index contributed by atoms with van der Waals surface area (Å²) in [6.07, 6.45) is 1.65. The van der Waals surface area contributed by atoms with E-state index in [1.807, 2.05) is 0 Å². The molecular weight excluding hydrogens is 354 g/mol. The van der Waals surface area contributed by atoms with Crippen molar-refractivity contribution < 1.29 is 18.9 Å². The Morgan fingerprint density at radius 2 is 1.89 bits per heavy atom. The molecule has 10 nitrogen and oxygen atoms in total. The van der Waals surface area contributed by atoms with Crippen molar-refractivity contribution in [1.29, 1.82) is 0 Å². The Hall–Kier alpha value is -3.17. The minimum absolute atomic E-state index is 0.00694. The van der Waals surface area contributed by atoms with Gasteiger partial charge in [0.2, 0.25) is 5.91 Å². The molecule has 2 aromatic rings. The second kappa shape index (κ2) is 7.60. The van der Waals surface area contributed by atoms with Crippen LogP contribution in [0.4, 0.5) is 5.69 Å². The first kappa shape index (κ1) is 18.6. The quantitative estimate of drug-likeness (QED) is 0.576. The monoisotopic (exact) mass is 375 g/mol. The van der Waals surface area contributed by atoms with Gasteiger partial charge in [-0.2, -0.15) is 5.10 Å². The summed E-state index contributed by atoms with van der Waals surface area (Å²) in [6.45, 7) is 5.27. The number of piperazine rings is 1. The number of amides is 2. The van der Waals surface area contributed by atoms with Gasteiger partial charge in [-0.15, -0.1) is 0 Å². The highest BCUT2D eigenvalue weighted by atomic mass is 16.6. The summed E-state index contributed by atoms with van der Waals surface area (Å²) in [5, 5.41) is 15.2. The predicted octanol–water partition coefficient (Wildman–Crippen LogP) is 1.38. The lowest BCUT2D eigenvalue weighted by molar-refractivity contribution is -0.386. The fourth-order valence-corrected chi connectivity index (χ4v) is 3.24. The lowest BCUT2D eigenvalue weighted by atomic mass is 10.2. The largest absolute Gasteiger partial charge is 0.459 e. The van der Waals surface area contributed by atoms with E-state index in [0.717, 1.165) is 0 Å². The first-order chi connectivity index (χ1) is 12.9. The van der Waals surface area contributed by atoms with Crippen LogP contribution >= 0.6 is 0 Å². The molecule has 3 heterocycles. The number of aromatic nitrogens is 2. The van der Waals surface area contributed by atoms with Crippen LogP contribution in [0.5, 0.6) is 0 Å². The summed E-state index contributed by atoms with van der Waals surface area (Å²) >= 11 is 0. The van der Waals surface area contributed by atoms with Gasteiger partial charge in [0, 0.05) is 32.6 Å². The van der Waals surface area contributed by atoms with Gasteiger partial charge in [0.05, 0.1) is 17.7 Å². The fraction of sp³-hybridized carbons (Fsp3) is 0.471. The van der Waals surface area contributed by atoms with Gasteiger partial charge in [0.15, 0.2) is 5.76 Å². The number of hydrogen-bond donors (Lipinski definition) is 0. The van der Waals surface area contributed by atoms with Crippen LogP contribution in [0, 0.1) is 24.0 Å². The van der Waals surface area contributed by atoms with Crippen molar-refractivity contribution in [3.8, 4) is 0 Å². The molecule has 1 aliphatic rings. The van der Waals surface area contributed by atoms with Gasteiger partial charge < -0.3 is 14.2 Å². The van der Waals surface area contributed by atoms with Crippen LogP contribution in [-0.4, -0.2) is 62.5 Å². The highest BCUT2D eigenvalue weighted by molar-refractivity contribution is 5.91. The van der Waals surface area contributed by atoms with Crippen molar-refractivity contribution in [3.05, 3.63) is 45.7 Å². The first-order valence-electron chi connectivity index (χ1n) is 8.67. The van der Waals surface area contributed by atoms with Crippen molar-refractivity contribution in [1.82, 2.24) is 19.6 Å². The highest BCUT2D eigenvalue weighted by Crippen LogP contribution is 2.22. The molecule has 0 atom stereocenters. The maximum Gasteiger partial charge on any atom is 0.312 e. The fourth-order valence-electron chi connectivity index (χ4n) is 3.24. The zero-order chi connectivity index (χ0) is 19.6. The van der Waals surface area contributed by atoms with E-state index < -0.39 is 4.92 Å². The number of nitrogens with zero attached hydrogens (tertiary/aromatic N) is 5. The number of nitro groups is 1. The molecule has 144 valence electrons. The smallest absolute Gasteiger partial charge is 0.312 e. The second-order valence-corrected chi connectivity index (χ2v) is 6.40. The maximum atomic E-state index is 12.4. The normalized spacial score (nSPS) is 14.4. The van der Waals surface area contributed by atoms with Gasteiger partial charge in [-0.1, -0.05) is 0 Å². The van der Waals surface area contributed by atoms with E-state index in [0.29, 0.717) is 43.3 Å². The topological polar surface area (TPSA) is 115 Å². The van der Waals surface area contributed by atoms with Crippen LogP contribution < -0.4 is 0 Å². The molecule has 0 spiro atoms. The molecule has 0 aliphatic carbocycles. The molecule has 0 saturated carbocycles.